The van der Waals surface area contributed by atoms with Crippen LogP contribution < -0.4 is 0 Å². The van der Waals surface area contributed by atoms with Gasteiger partial charge in [0, 0.05) is 6.54 Å². The van der Waals surface area contributed by atoms with E-state index >= 15 is 0 Å². The second-order valence-corrected chi connectivity index (χ2v) is 4.77. The summed E-state index contributed by atoms with van der Waals surface area (Å²) in [6.45, 7) is 2.49. The van der Waals surface area contributed by atoms with Crippen LogP contribution in [0, 0.1) is 5.92 Å². The van der Waals surface area contributed by atoms with Crippen LogP contribution >= 0.6 is 0 Å². The Kier molecular flexibility index (Phi) is 2.14. The van der Waals surface area contributed by atoms with Gasteiger partial charge in [-0.05, 0) is 49.1 Å². The molecule has 2 aliphatic rings. The molecule has 1 atom stereocenters. The molecule has 1 heteroatoms. The summed E-state index contributed by atoms with van der Waals surface area (Å²) < 4.78 is 0. The fraction of sp³-hybridized carbons (Fsp3) is 0.429. The van der Waals surface area contributed by atoms with E-state index < -0.39 is 0 Å². The maximum Gasteiger partial charge on any atom is 0.00478 e. The molecule has 0 N–H and O–H groups in total. The standard InChI is InChI=1S/C14H17N/c1-15-9-8-12(10-15)14-7-6-11-4-2-3-5-13(11)14/h2-5,7,12H,6,8-10H2,1H3. The van der Waals surface area contributed by atoms with Gasteiger partial charge in [0.25, 0.3) is 0 Å². The van der Waals surface area contributed by atoms with Gasteiger partial charge in [-0.3, -0.25) is 0 Å². The molecule has 0 amide bonds. The zero-order valence-electron chi connectivity index (χ0n) is 9.24. The highest BCUT2D eigenvalue weighted by Crippen LogP contribution is 2.36. The fourth-order valence-electron chi connectivity index (χ4n) is 2.89. The van der Waals surface area contributed by atoms with Gasteiger partial charge in [-0.1, -0.05) is 30.3 Å². The summed E-state index contributed by atoms with van der Waals surface area (Å²) in [5, 5.41) is 0. The van der Waals surface area contributed by atoms with Gasteiger partial charge in [0.2, 0.25) is 0 Å². The molecular weight excluding hydrogens is 182 g/mol. The molecule has 1 fully saturated rings. The lowest BCUT2D eigenvalue weighted by Crippen LogP contribution is -2.14. The van der Waals surface area contributed by atoms with Gasteiger partial charge in [-0.25, -0.2) is 0 Å². The Hall–Kier alpha value is -1.08. The molecule has 0 aromatic heterocycles. The predicted molar refractivity (Wildman–Crippen MR) is 63.7 cm³/mol. The molecule has 0 radical (unpaired) electrons. The maximum atomic E-state index is 2.44. The van der Waals surface area contributed by atoms with Crippen LogP contribution in [0.3, 0.4) is 0 Å². The van der Waals surface area contributed by atoms with Gasteiger partial charge >= 0.3 is 0 Å². The van der Waals surface area contributed by atoms with Crippen LogP contribution in [0.25, 0.3) is 5.57 Å². The molecule has 1 aliphatic carbocycles. The lowest BCUT2D eigenvalue weighted by Gasteiger charge is -2.13. The highest BCUT2D eigenvalue weighted by atomic mass is 15.1. The zero-order chi connectivity index (χ0) is 10.3. The summed E-state index contributed by atoms with van der Waals surface area (Å²) in [7, 11) is 2.22. The lowest BCUT2D eigenvalue weighted by atomic mass is 9.93. The molecule has 1 unspecified atom stereocenters. The average molecular weight is 199 g/mol. The number of allylic oxidation sites excluding steroid dienone is 1. The van der Waals surface area contributed by atoms with Crippen LogP contribution in [-0.4, -0.2) is 25.0 Å². The molecule has 3 rings (SSSR count). The number of nitrogens with zero attached hydrogens (tertiary/aromatic N) is 1. The van der Waals surface area contributed by atoms with Crippen LogP contribution in [0.2, 0.25) is 0 Å². The summed E-state index contributed by atoms with van der Waals surface area (Å²) in [6, 6.07) is 8.86. The van der Waals surface area contributed by atoms with Crippen molar-refractivity contribution in [2.45, 2.75) is 12.8 Å². The van der Waals surface area contributed by atoms with E-state index in [0.717, 1.165) is 12.3 Å². The minimum atomic E-state index is 0.777. The largest absolute Gasteiger partial charge is 0.306 e. The minimum Gasteiger partial charge on any atom is -0.306 e. The average Bonchev–Trinajstić information content (AvgIpc) is 2.83. The van der Waals surface area contributed by atoms with E-state index in [-0.39, 0.29) is 0 Å². The molecule has 0 bridgehead atoms. The van der Waals surface area contributed by atoms with E-state index in [4.69, 9.17) is 0 Å². The van der Waals surface area contributed by atoms with Crippen molar-refractivity contribution in [3.8, 4) is 0 Å². The SMILES string of the molecule is CN1CCC(C2=CCc3ccccc32)C1. The topological polar surface area (TPSA) is 3.24 Å². The third kappa shape index (κ3) is 1.51. The van der Waals surface area contributed by atoms with Gasteiger partial charge in [0.05, 0.1) is 0 Å². The molecule has 0 spiro atoms. The van der Waals surface area contributed by atoms with Crippen molar-refractivity contribution >= 4 is 5.57 Å². The second kappa shape index (κ2) is 3.49. The zero-order valence-corrected chi connectivity index (χ0v) is 9.24. The van der Waals surface area contributed by atoms with Crippen molar-refractivity contribution in [1.29, 1.82) is 0 Å². The van der Waals surface area contributed by atoms with Crippen molar-refractivity contribution in [1.82, 2.24) is 4.90 Å². The number of hydrogen-bond donors (Lipinski definition) is 0. The molecular formula is C14H17N. The fourth-order valence-corrected chi connectivity index (χ4v) is 2.89. The van der Waals surface area contributed by atoms with Crippen LogP contribution in [-0.2, 0) is 6.42 Å². The Balaban J connectivity index is 1.90. The number of fused-ring (bicyclic) bond motifs is 1. The van der Waals surface area contributed by atoms with Crippen molar-refractivity contribution in [3.05, 3.63) is 41.5 Å². The monoisotopic (exact) mass is 199 g/mol. The minimum absolute atomic E-state index is 0.777. The van der Waals surface area contributed by atoms with Gasteiger partial charge in [-0.15, -0.1) is 0 Å². The first-order chi connectivity index (χ1) is 7.34. The normalized spacial score (nSPS) is 25.4. The third-order valence-corrected chi connectivity index (χ3v) is 3.70. The summed E-state index contributed by atoms with van der Waals surface area (Å²) in [6.07, 6.45) is 4.91. The van der Waals surface area contributed by atoms with Crippen LogP contribution in [0.5, 0.6) is 0 Å². The molecule has 78 valence electrons. The summed E-state index contributed by atoms with van der Waals surface area (Å²) in [5.41, 5.74) is 4.63. The molecule has 0 saturated carbocycles. The number of likely N-dealkylation sites (tertiary alicyclic amines) is 1. The highest BCUT2D eigenvalue weighted by Gasteiger charge is 2.26. The Morgan fingerprint density at radius 3 is 2.93 bits per heavy atom. The molecule has 1 aliphatic heterocycles. The van der Waals surface area contributed by atoms with Crippen molar-refractivity contribution < 1.29 is 0 Å². The van der Waals surface area contributed by atoms with Crippen LogP contribution in [0.15, 0.2) is 30.3 Å². The van der Waals surface area contributed by atoms with Crippen molar-refractivity contribution in [3.63, 3.8) is 0 Å². The summed E-state index contributed by atoms with van der Waals surface area (Å²) >= 11 is 0. The molecule has 1 saturated heterocycles. The quantitative estimate of drug-likeness (QED) is 0.672. The van der Waals surface area contributed by atoms with E-state index in [1.807, 2.05) is 0 Å². The van der Waals surface area contributed by atoms with Crippen molar-refractivity contribution in [2.24, 2.45) is 5.92 Å². The molecule has 15 heavy (non-hydrogen) atoms. The van der Waals surface area contributed by atoms with Crippen LogP contribution in [0.4, 0.5) is 0 Å². The van der Waals surface area contributed by atoms with Gasteiger partial charge < -0.3 is 4.90 Å². The maximum absolute atomic E-state index is 2.44. The number of benzene rings is 1. The van der Waals surface area contributed by atoms with Crippen molar-refractivity contribution in [2.75, 3.05) is 20.1 Å². The number of rotatable bonds is 1. The third-order valence-electron chi connectivity index (χ3n) is 3.70. The Morgan fingerprint density at radius 2 is 2.13 bits per heavy atom. The molecule has 1 nitrogen and oxygen atoms in total. The summed E-state index contributed by atoms with van der Waals surface area (Å²) in [4.78, 5) is 2.44. The Bertz CT molecular complexity index is 406. The first-order valence-corrected chi connectivity index (χ1v) is 5.81. The van der Waals surface area contributed by atoms with E-state index in [1.54, 1.807) is 5.57 Å². The smallest absolute Gasteiger partial charge is 0.00478 e. The Morgan fingerprint density at radius 1 is 1.27 bits per heavy atom. The van der Waals surface area contributed by atoms with Gasteiger partial charge in [0.15, 0.2) is 0 Å². The first kappa shape index (κ1) is 9.17. The van der Waals surface area contributed by atoms with E-state index in [1.165, 1.54) is 30.6 Å². The first-order valence-electron chi connectivity index (χ1n) is 5.81. The van der Waals surface area contributed by atoms with Gasteiger partial charge in [-0.2, -0.15) is 0 Å². The predicted octanol–water partition coefficient (Wildman–Crippen LogP) is 2.58. The summed E-state index contributed by atoms with van der Waals surface area (Å²) in [5.74, 6) is 0.777. The van der Waals surface area contributed by atoms with Gasteiger partial charge in [0.1, 0.15) is 0 Å². The number of hydrogen-bond acceptors (Lipinski definition) is 1. The molecule has 1 heterocycles. The lowest BCUT2D eigenvalue weighted by molar-refractivity contribution is 0.409. The molecule has 1 aromatic rings. The highest BCUT2D eigenvalue weighted by molar-refractivity contribution is 5.74. The Labute approximate surface area is 91.4 Å². The van der Waals surface area contributed by atoms with E-state index in [0.29, 0.717) is 0 Å². The second-order valence-electron chi connectivity index (χ2n) is 4.77. The van der Waals surface area contributed by atoms with E-state index in [9.17, 15) is 0 Å². The molecule has 1 aromatic carbocycles. The van der Waals surface area contributed by atoms with E-state index in [2.05, 4.69) is 42.3 Å². The van der Waals surface area contributed by atoms with Crippen LogP contribution in [0.1, 0.15) is 17.5 Å².